The third-order valence-corrected chi connectivity index (χ3v) is 5.84. The van der Waals surface area contributed by atoms with Crippen LogP contribution in [0.4, 0.5) is 10.1 Å². The van der Waals surface area contributed by atoms with E-state index in [-0.39, 0.29) is 47.5 Å². The van der Waals surface area contributed by atoms with Gasteiger partial charge in [-0.1, -0.05) is 24.3 Å². The highest BCUT2D eigenvalue weighted by Crippen LogP contribution is 2.32. The standard InChI is InChI=1S/C22H24FN3O3S/c1-14-4-3-5-17(10-14)24-19(27)12-30-13-20(28)25-18-11-21(29)26(2)22(18)15-6-8-16(23)9-7-15/h3-10,18,22H,11-13H2,1-2H3,(H,24,27)(H,25,28)/t18-,22-/m1/s1. The van der Waals surface area contributed by atoms with E-state index in [0.717, 1.165) is 16.8 Å². The number of carbonyl (C=O) groups is 3. The first-order valence-electron chi connectivity index (χ1n) is 9.58. The van der Waals surface area contributed by atoms with Crippen molar-refractivity contribution in [2.45, 2.75) is 25.4 Å². The van der Waals surface area contributed by atoms with Crippen LogP contribution < -0.4 is 10.6 Å². The zero-order valence-electron chi connectivity index (χ0n) is 16.9. The van der Waals surface area contributed by atoms with E-state index in [1.165, 1.54) is 23.9 Å². The smallest absolute Gasteiger partial charge is 0.234 e. The molecular formula is C22H24FN3O3S. The van der Waals surface area contributed by atoms with Crippen molar-refractivity contribution in [1.29, 1.82) is 0 Å². The molecule has 2 N–H and O–H groups in total. The van der Waals surface area contributed by atoms with Gasteiger partial charge in [-0.15, -0.1) is 11.8 Å². The number of nitrogens with zero attached hydrogens (tertiary/aromatic N) is 1. The molecule has 3 rings (SSSR count). The van der Waals surface area contributed by atoms with Crippen LogP contribution in [0.25, 0.3) is 0 Å². The first-order valence-corrected chi connectivity index (χ1v) is 10.7. The van der Waals surface area contributed by atoms with Gasteiger partial charge in [-0.25, -0.2) is 4.39 Å². The van der Waals surface area contributed by atoms with E-state index in [4.69, 9.17) is 0 Å². The lowest BCUT2D eigenvalue weighted by Gasteiger charge is -2.26. The predicted octanol–water partition coefficient (Wildman–Crippen LogP) is 2.89. The maximum absolute atomic E-state index is 13.2. The van der Waals surface area contributed by atoms with Crippen LogP contribution in [0.2, 0.25) is 0 Å². The lowest BCUT2D eigenvalue weighted by Crippen LogP contribution is -2.40. The molecule has 0 radical (unpaired) electrons. The van der Waals surface area contributed by atoms with E-state index in [1.807, 2.05) is 31.2 Å². The van der Waals surface area contributed by atoms with E-state index in [0.29, 0.717) is 0 Å². The summed E-state index contributed by atoms with van der Waals surface area (Å²) in [5.74, 6) is -0.619. The number of thioether (sulfide) groups is 1. The van der Waals surface area contributed by atoms with Crippen molar-refractivity contribution >= 4 is 35.2 Å². The number of rotatable bonds is 7. The molecule has 8 heteroatoms. The van der Waals surface area contributed by atoms with Crippen molar-refractivity contribution < 1.29 is 18.8 Å². The molecule has 30 heavy (non-hydrogen) atoms. The lowest BCUT2D eigenvalue weighted by atomic mass is 10.00. The van der Waals surface area contributed by atoms with Crippen LogP contribution >= 0.6 is 11.8 Å². The summed E-state index contributed by atoms with van der Waals surface area (Å²) in [4.78, 5) is 38.2. The Labute approximate surface area is 179 Å². The number of benzene rings is 2. The van der Waals surface area contributed by atoms with Gasteiger partial charge in [0.25, 0.3) is 0 Å². The van der Waals surface area contributed by atoms with Gasteiger partial charge in [0.05, 0.1) is 23.6 Å². The average Bonchev–Trinajstić information content (AvgIpc) is 2.96. The third kappa shape index (κ3) is 5.60. The number of likely N-dealkylation sites (N-methyl/N-ethyl adjacent to an activating group) is 1. The molecule has 1 aliphatic heterocycles. The minimum Gasteiger partial charge on any atom is -0.350 e. The highest BCUT2D eigenvalue weighted by atomic mass is 32.2. The van der Waals surface area contributed by atoms with Gasteiger partial charge in [-0.05, 0) is 42.3 Å². The van der Waals surface area contributed by atoms with Gasteiger partial charge in [0.15, 0.2) is 0 Å². The van der Waals surface area contributed by atoms with Gasteiger partial charge < -0.3 is 15.5 Å². The molecule has 0 unspecified atom stereocenters. The van der Waals surface area contributed by atoms with Crippen molar-refractivity contribution in [2.75, 3.05) is 23.9 Å². The largest absolute Gasteiger partial charge is 0.350 e. The normalized spacial score (nSPS) is 18.4. The van der Waals surface area contributed by atoms with Crippen molar-refractivity contribution in [3.8, 4) is 0 Å². The van der Waals surface area contributed by atoms with Crippen LogP contribution in [0.1, 0.15) is 23.6 Å². The van der Waals surface area contributed by atoms with Crippen molar-refractivity contribution in [1.82, 2.24) is 10.2 Å². The first kappa shape index (κ1) is 21.8. The number of hydrogen-bond acceptors (Lipinski definition) is 4. The summed E-state index contributed by atoms with van der Waals surface area (Å²) in [6.45, 7) is 1.94. The van der Waals surface area contributed by atoms with E-state index in [1.54, 1.807) is 24.1 Å². The van der Waals surface area contributed by atoms with Crippen LogP contribution in [0.15, 0.2) is 48.5 Å². The summed E-state index contributed by atoms with van der Waals surface area (Å²) in [7, 11) is 1.67. The van der Waals surface area contributed by atoms with E-state index in [2.05, 4.69) is 10.6 Å². The van der Waals surface area contributed by atoms with Gasteiger partial charge in [-0.3, -0.25) is 14.4 Å². The zero-order chi connectivity index (χ0) is 21.7. The molecule has 2 aromatic carbocycles. The Morgan fingerprint density at radius 2 is 1.83 bits per heavy atom. The number of carbonyl (C=O) groups excluding carboxylic acids is 3. The molecule has 158 valence electrons. The molecule has 2 aromatic rings. The number of likely N-dealkylation sites (tertiary alicyclic amines) is 1. The molecule has 1 aliphatic rings. The molecule has 3 amide bonds. The Kier molecular flexibility index (Phi) is 7.10. The molecule has 0 aliphatic carbocycles. The second-order valence-corrected chi connectivity index (χ2v) is 8.28. The summed E-state index contributed by atoms with van der Waals surface area (Å²) in [6.07, 6.45) is 0.183. The van der Waals surface area contributed by atoms with Gasteiger partial charge in [0.1, 0.15) is 5.82 Å². The van der Waals surface area contributed by atoms with Gasteiger partial charge in [0.2, 0.25) is 17.7 Å². The van der Waals surface area contributed by atoms with Crippen LogP contribution in [-0.4, -0.2) is 47.2 Å². The minimum absolute atomic E-state index is 0.0835. The Morgan fingerprint density at radius 1 is 1.13 bits per heavy atom. The Morgan fingerprint density at radius 3 is 2.53 bits per heavy atom. The van der Waals surface area contributed by atoms with Gasteiger partial charge in [0, 0.05) is 19.2 Å². The molecule has 0 spiro atoms. The van der Waals surface area contributed by atoms with E-state index in [9.17, 15) is 18.8 Å². The fraction of sp³-hybridized carbons (Fsp3) is 0.318. The van der Waals surface area contributed by atoms with Crippen LogP contribution in [0.5, 0.6) is 0 Å². The summed E-state index contributed by atoms with van der Waals surface area (Å²) in [6, 6.07) is 12.7. The number of anilines is 1. The SMILES string of the molecule is Cc1cccc(NC(=O)CSCC(=O)N[C@@H]2CC(=O)N(C)[C@@H]2c2ccc(F)cc2)c1. The topological polar surface area (TPSA) is 78.5 Å². The molecular weight excluding hydrogens is 405 g/mol. The van der Waals surface area contributed by atoms with Gasteiger partial charge >= 0.3 is 0 Å². The molecule has 0 saturated carbocycles. The maximum Gasteiger partial charge on any atom is 0.234 e. The van der Waals surface area contributed by atoms with Crippen LogP contribution in [0, 0.1) is 12.7 Å². The fourth-order valence-electron chi connectivity index (χ4n) is 3.52. The summed E-state index contributed by atoms with van der Waals surface area (Å²) in [5, 5.41) is 5.69. The summed E-state index contributed by atoms with van der Waals surface area (Å²) >= 11 is 1.20. The predicted molar refractivity (Wildman–Crippen MR) is 116 cm³/mol. The molecule has 1 heterocycles. The molecule has 0 bridgehead atoms. The quantitative estimate of drug-likeness (QED) is 0.710. The molecule has 0 aromatic heterocycles. The Balaban J connectivity index is 1.50. The van der Waals surface area contributed by atoms with Crippen molar-refractivity contribution in [3.05, 3.63) is 65.5 Å². The van der Waals surface area contributed by atoms with E-state index >= 15 is 0 Å². The number of aryl methyl sites for hydroxylation is 1. The first-order chi connectivity index (χ1) is 14.3. The molecule has 1 fully saturated rings. The van der Waals surface area contributed by atoms with Crippen molar-refractivity contribution in [3.63, 3.8) is 0 Å². The monoisotopic (exact) mass is 429 g/mol. The number of halogens is 1. The number of hydrogen-bond donors (Lipinski definition) is 2. The maximum atomic E-state index is 13.2. The van der Waals surface area contributed by atoms with Gasteiger partial charge in [-0.2, -0.15) is 0 Å². The number of amides is 3. The van der Waals surface area contributed by atoms with Crippen LogP contribution in [0.3, 0.4) is 0 Å². The third-order valence-electron chi connectivity index (χ3n) is 4.91. The Bertz CT molecular complexity index is 935. The summed E-state index contributed by atoms with van der Waals surface area (Å²) in [5.41, 5.74) is 2.53. The highest BCUT2D eigenvalue weighted by Gasteiger charge is 2.39. The minimum atomic E-state index is -0.401. The molecule has 2 atom stereocenters. The second kappa shape index (κ2) is 9.75. The fourth-order valence-corrected chi connectivity index (χ4v) is 4.15. The molecule has 6 nitrogen and oxygen atoms in total. The number of nitrogens with one attached hydrogen (secondary N) is 2. The lowest BCUT2D eigenvalue weighted by molar-refractivity contribution is -0.127. The van der Waals surface area contributed by atoms with E-state index < -0.39 is 6.04 Å². The highest BCUT2D eigenvalue weighted by molar-refractivity contribution is 8.00. The summed E-state index contributed by atoms with van der Waals surface area (Å²) < 4.78 is 13.2. The Hall–Kier alpha value is -2.87. The average molecular weight is 430 g/mol. The molecule has 1 saturated heterocycles. The zero-order valence-corrected chi connectivity index (χ0v) is 17.7. The van der Waals surface area contributed by atoms with Crippen molar-refractivity contribution in [2.24, 2.45) is 0 Å². The second-order valence-electron chi connectivity index (χ2n) is 7.29. The van der Waals surface area contributed by atoms with Crippen LogP contribution in [-0.2, 0) is 14.4 Å².